The van der Waals surface area contributed by atoms with E-state index in [-0.39, 0.29) is 0 Å². The Kier molecular flexibility index (Phi) is 2.52. The van der Waals surface area contributed by atoms with E-state index in [2.05, 4.69) is 76.4 Å². The van der Waals surface area contributed by atoms with Crippen molar-refractivity contribution in [2.24, 2.45) is 0 Å². The lowest BCUT2D eigenvalue weighted by molar-refractivity contribution is 1.41. The highest BCUT2D eigenvalue weighted by Crippen LogP contribution is 2.26. The third kappa shape index (κ3) is 2.01. The Hall–Kier alpha value is -1.54. The zero-order valence-corrected chi connectivity index (χ0v) is 11.1. The van der Waals surface area contributed by atoms with Gasteiger partial charge in [-0.1, -0.05) is 45.8 Å². The fraction of sp³-hybridized carbons (Fsp3) is 0.0667. The van der Waals surface area contributed by atoms with Crippen LogP contribution in [0, 0.1) is 6.92 Å². The van der Waals surface area contributed by atoms with Crippen LogP contribution < -0.4 is 0 Å². The summed E-state index contributed by atoms with van der Waals surface area (Å²) in [6.45, 7) is 2.11. The quantitative estimate of drug-likeness (QED) is 0.654. The molecule has 3 aromatic rings. The Morgan fingerprint density at radius 2 is 1.88 bits per heavy atom. The molecule has 2 aromatic carbocycles. The van der Waals surface area contributed by atoms with Crippen molar-refractivity contribution in [3.63, 3.8) is 0 Å². The average Bonchev–Trinajstić information content (AvgIpc) is 2.72. The summed E-state index contributed by atoms with van der Waals surface area (Å²) in [5, 5.41) is 1.24. The first-order valence-electron chi connectivity index (χ1n) is 5.58. The van der Waals surface area contributed by atoms with Gasteiger partial charge in [0.15, 0.2) is 0 Å². The number of aryl methyl sites for hydroxylation is 1. The van der Waals surface area contributed by atoms with Crippen molar-refractivity contribution >= 4 is 26.8 Å². The molecule has 84 valence electrons. The minimum Gasteiger partial charge on any atom is -0.354 e. The maximum absolute atomic E-state index is 3.49. The van der Waals surface area contributed by atoms with Crippen molar-refractivity contribution in [1.82, 2.24) is 4.98 Å². The van der Waals surface area contributed by atoms with Crippen LogP contribution >= 0.6 is 15.9 Å². The van der Waals surface area contributed by atoms with Gasteiger partial charge in [0.05, 0.1) is 0 Å². The molecule has 0 aliphatic heterocycles. The van der Waals surface area contributed by atoms with Crippen LogP contribution in [0.2, 0.25) is 0 Å². The highest BCUT2D eigenvalue weighted by molar-refractivity contribution is 9.10. The zero-order valence-electron chi connectivity index (χ0n) is 9.50. The maximum atomic E-state index is 3.49. The van der Waals surface area contributed by atoms with E-state index in [0.29, 0.717) is 0 Å². The number of aromatic nitrogens is 1. The third-order valence-corrected chi connectivity index (χ3v) is 3.41. The van der Waals surface area contributed by atoms with Gasteiger partial charge in [-0.2, -0.15) is 0 Å². The number of fused-ring (bicyclic) bond motifs is 1. The van der Waals surface area contributed by atoms with E-state index >= 15 is 0 Å². The van der Waals surface area contributed by atoms with Crippen LogP contribution in [0.15, 0.2) is 53.0 Å². The normalized spacial score (nSPS) is 10.9. The second kappa shape index (κ2) is 4.04. The fourth-order valence-electron chi connectivity index (χ4n) is 2.07. The summed E-state index contributed by atoms with van der Waals surface area (Å²) in [6, 6.07) is 17.0. The van der Waals surface area contributed by atoms with Crippen molar-refractivity contribution in [3.8, 4) is 11.3 Å². The molecular weight excluding hydrogens is 274 g/mol. The Morgan fingerprint density at radius 3 is 2.71 bits per heavy atom. The molecule has 1 nitrogen and oxygen atoms in total. The number of halogens is 1. The number of rotatable bonds is 1. The number of H-pyrrole nitrogens is 1. The smallest absolute Gasteiger partial charge is 0.0470 e. The predicted octanol–water partition coefficient (Wildman–Crippen LogP) is 4.91. The highest BCUT2D eigenvalue weighted by atomic mass is 79.9. The molecule has 0 saturated carbocycles. The molecule has 0 spiro atoms. The molecular formula is C15H12BrN. The molecule has 0 bridgehead atoms. The fourth-order valence-corrected chi connectivity index (χ4v) is 2.43. The molecule has 0 amide bonds. The summed E-state index contributed by atoms with van der Waals surface area (Å²) < 4.78 is 1.10. The number of benzene rings is 2. The van der Waals surface area contributed by atoms with Crippen LogP contribution in [0.3, 0.4) is 0 Å². The Labute approximate surface area is 109 Å². The SMILES string of the molecule is Cc1cccc(-c2cc3ccc(Br)cc3[nH]2)c1. The molecule has 0 fully saturated rings. The highest BCUT2D eigenvalue weighted by Gasteiger charge is 2.03. The summed E-state index contributed by atoms with van der Waals surface area (Å²) in [5.41, 5.74) is 4.84. The standard InChI is InChI=1S/C15H12BrN/c1-10-3-2-4-11(7-10)14-8-12-5-6-13(16)9-15(12)17-14/h2-9,17H,1H3. The monoisotopic (exact) mass is 285 g/mol. The molecule has 0 aliphatic rings. The van der Waals surface area contributed by atoms with Crippen LogP contribution in [0.5, 0.6) is 0 Å². The van der Waals surface area contributed by atoms with Gasteiger partial charge in [-0.3, -0.25) is 0 Å². The molecule has 0 aliphatic carbocycles. The van der Waals surface area contributed by atoms with Crippen LogP contribution in [0.1, 0.15) is 5.56 Å². The van der Waals surface area contributed by atoms with E-state index in [0.717, 1.165) is 9.99 Å². The second-order valence-electron chi connectivity index (χ2n) is 4.28. The van der Waals surface area contributed by atoms with Gasteiger partial charge in [0.2, 0.25) is 0 Å². The van der Waals surface area contributed by atoms with Crippen LogP contribution in [0.25, 0.3) is 22.2 Å². The minimum atomic E-state index is 1.10. The number of hydrogen-bond acceptors (Lipinski definition) is 0. The molecule has 0 saturated heterocycles. The molecule has 0 radical (unpaired) electrons. The van der Waals surface area contributed by atoms with E-state index in [9.17, 15) is 0 Å². The molecule has 17 heavy (non-hydrogen) atoms. The summed E-state index contributed by atoms with van der Waals surface area (Å²) in [6.07, 6.45) is 0. The lowest BCUT2D eigenvalue weighted by Crippen LogP contribution is -1.78. The first-order chi connectivity index (χ1) is 8.22. The zero-order chi connectivity index (χ0) is 11.8. The summed E-state index contributed by atoms with van der Waals surface area (Å²) in [4.78, 5) is 3.45. The molecule has 2 heteroatoms. The topological polar surface area (TPSA) is 15.8 Å². The Morgan fingerprint density at radius 1 is 1.00 bits per heavy atom. The second-order valence-corrected chi connectivity index (χ2v) is 5.20. The predicted molar refractivity (Wildman–Crippen MR) is 76.2 cm³/mol. The van der Waals surface area contributed by atoms with Crippen molar-refractivity contribution < 1.29 is 0 Å². The van der Waals surface area contributed by atoms with Gasteiger partial charge in [-0.15, -0.1) is 0 Å². The Balaban J connectivity index is 2.18. The molecule has 1 aromatic heterocycles. The van der Waals surface area contributed by atoms with Crippen molar-refractivity contribution in [2.45, 2.75) is 6.92 Å². The van der Waals surface area contributed by atoms with Gasteiger partial charge >= 0.3 is 0 Å². The molecule has 1 heterocycles. The lowest BCUT2D eigenvalue weighted by atomic mass is 10.1. The van der Waals surface area contributed by atoms with Gasteiger partial charge in [-0.25, -0.2) is 0 Å². The molecule has 0 unspecified atom stereocenters. The first kappa shape index (κ1) is 10.6. The van der Waals surface area contributed by atoms with Crippen molar-refractivity contribution in [2.75, 3.05) is 0 Å². The van der Waals surface area contributed by atoms with E-state index in [4.69, 9.17) is 0 Å². The van der Waals surface area contributed by atoms with Gasteiger partial charge in [0.1, 0.15) is 0 Å². The third-order valence-electron chi connectivity index (χ3n) is 2.91. The van der Waals surface area contributed by atoms with Crippen LogP contribution in [0.4, 0.5) is 0 Å². The number of hydrogen-bond donors (Lipinski definition) is 1. The maximum Gasteiger partial charge on any atom is 0.0470 e. The van der Waals surface area contributed by atoms with Gasteiger partial charge in [-0.05, 0) is 36.8 Å². The van der Waals surface area contributed by atoms with Gasteiger partial charge in [0.25, 0.3) is 0 Å². The van der Waals surface area contributed by atoms with Gasteiger partial charge in [0, 0.05) is 21.1 Å². The molecule has 0 atom stereocenters. The minimum absolute atomic E-state index is 1.10. The lowest BCUT2D eigenvalue weighted by Gasteiger charge is -1.98. The van der Waals surface area contributed by atoms with Crippen LogP contribution in [-0.4, -0.2) is 4.98 Å². The molecule has 3 rings (SSSR count). The first-order valence-corrected chi connectivity index (χ1v) is 6.37. The largest absolute Gasteiger partial charge is 0.354 e. The van der Waals surface area contributed by atoms with E-state index in [1.165, 1.54) is 22.2 Å². The van der Waals surface area contributed by atoms with E-state index in [1.54, 1.807) is 0 Å². The number of aromatic amines is 1. The average molecular weight is 286 g/mol. The number of nitrogens with one attached hydrogen (secondary N) is 1. The molecule has 1 N–H and O–H groups in total. The Bertz CT molecular complexity index is 682. The summed E-state index contributed by atoms with van der Waals surface area (Å²) in [7, 11) is 0. The summed E-state index contributed by atoms with van der Waals surface area (Å²) in [5.74, 6) is 0. The van der Waals surface area contributed by atoms with Crippen molar-refractivity contribution in [1.29, 1.82) is 0 Å². The van der Waals surface area contributed by atoms with Gasteiger partial charge < -0.3 is 4.98 Å². The van der Waals surface area contributed by atoms with E-state index in [1.807, 2.05) is 0 Å². The van der Waals surface area contributed by atoms with Crippen molar-refractivity contribution in [3.05, 3.63) is 58.6 Å². The van der Waals surface area contributed by atoms with E-state index < -0.39 is 0 Å². The van der Waals surface area contributed by atoms with Crippen LogP contribution in [-0.2, 0) is 0 Å². The summed E-state index contributed by atoms with van der Waals surface area (Å²) >= 11 is 3.49.